The second kappa shape index (κ2) is 7.99. The number of sulfonamides is 1. The van der Waals surface area contributed by atoms with E-state index in [1.165, 1.54) is 12.1 Å². The van der Waals surface area contributed by atoms with Gasteiger partial charge in [-0.2, -0.15) is 0 Å². The average Bonchev–Trinajstić information content (AvgIpc) is 3.14. The lowest BCUT2D eigenvalue weighted by molar-refractivity contribution is 0.102. The molecule has 3 rings (SSSR count). The Bertz CT molecular complexity index is 890. The van der Waals surface area contributed by atoms with E-state index in [0.717, 1.165) is 30.6 Å². The molecule has 1 fully saturated rings. The highest BCUT2D eigenvalue weighted by Crippen LogP contribution is 2.18. The Morgan fingerprint density at radius 2 is 2.00 bits per heavy atom. The first-order valence-electron chi connectivity index (χ1n) is 8.72. The SMILES string of the molecule is CCc1ccccc1NC(=O)c1cccc(S(=O)(=O)N[C@@H]2CCNC2)c1. The van der Waals surface area contributed by atoms with Crippen LogP contribution in [0.3, 0.4) is 0 Å². The summed E-state index contributed by atoms with van der Waals surface area (Å²) in [4.78, 5) is 12.7. The van der Waals surface area contributed by atoms with E-state index in [2.05, 4.69) is 15.4 Å². The Balaban J connectivity index is 1.79. The summed E-state index contributed by atoms with van der Waals surface area (Å²) in [5, 5.41) is 5.99. The minimum atomic E-state index is -3.66. The van der Waals surface area contributed by atoms with Gasteiger partial charge in [-0.3, -0.25) is 4.79 Å². The van der Waals surface area contributed by atoms with Crippen molar-refractivity contribution in [2.45, 2.75) is 30.7 Å². The average molecular weight is 373 g/mol. The van der Waals surface area contributed by atoms with Crippen LogP contribution < -0.4 is 15.4 Å². The van der Waals surface area contributed by atoms with Crippen LogP contribution in [0.2, 0.25) is 0 Å². The van der Waals surface area contributed by atoms with Gasteiger partial charge in [0.1, 0.15) is 0 Å². The predicted molar refractivity (Wildman–Crippen MR) is 102 cm³/mol. The fourth-order valence-electron chi connectivity index (χ4n) is 2.99. The van der Waals surface area contributed by atoms with Gasteiger partial charge in [0.25, 0.3) is 5.91 Å². The van der Waals surface area contributed by atoms with Crippen LogP contribution in [0.15, 0.2) is 53.4 Å². The van der Waals surface area contributed by atoms with Gasteiger partial charge < -0.3 is 10.6 Å². The van der Waals surface area contributed by atoms with Gasteiger partial charge in [-0.1, -0.05) is 31.2 Å². The van der Waals surface area contributed by atoms with Gasteiger partial charge in [0.2, 0.25) is 10.0 Å². The third-order valence-electron chi connectivity index (χ3n) is 4.44. The van der Waals surface area contributed by atoms with Crippen LogP contribution in [-0.4, -0.2) is 33.5 Å². The van der Waals surface area contributed by atoms with Crippen LogP contribution in [0.1, 0.15) is 29.3 Å². The summed E-state index contributed by atoms with van der Waals surface area (Å²) in [6, 6.07) is 13.6. The van der Waals surface area contributed by atoms with Gasteiger partial charge in [0.15, 0.2) is 0 Å². The zero-order valence-corrected chi connectivity index (χ0v) is 15.5. The predicted octanol–water partition coefficient (Wildman–Crippen LogP) is 2.14. The highest BCUT2D eigenvalue weighted by atomic mass is 32.2. The quantitative estimate of drug-likeness (QED) is 0.724. The number of hydrogen-bond acceptors (Lipinski definition) is 4. The molecule has 0 radical (unpaired) electrons. The number of amides is 1. The highest BCUT2D eigenvalue weighted by Gasteiger charge is 2.23. The van der Waals surface area contributed by atoms with Crippen molar-refractivity contribution in [3.63, 3.8) is 0 Å². The summed E-state index contributed by atoms with van der Waals surface area (Å²) in [6.45, 7) is 3.43. The molecule has 138 valence electrons. The zero-order valence-electron chi connectivity index (χ0n) is 14.7. The van der Waals surface area contributed by atoms with Crippen molar-refractivity contribution >= 4 is 21.6 Å². The molecule has 1 atom stereocenters. The molecule has 0 aliphatic carbocycles. The number of para-hydroxylation sites is 1. The van der Waals surface area contributed by atoms with Crippen molar-refractivity contribution in [1.82, 2.24) is 10.0 Å². The Morgan fingerprint density at radius 1 is 1.19 bits per heavy atom. The molecule has 1 aliphatic rings. The Labute approximate surface area is 154 Å². The van der Waals surface area contributed by atoms with Crippen LogP contribution >= 0.6 is 0 Å². The van der Waals surface area contributed by atoms with E-state index in [-0.39, 0.29) is 16.8 Å². The molecular weight excluding hydrogens is 350 g/mol. The number of aryl methyl sites for hydroxylation is 1. The summed E-state index contributed by atoms with van der Waals surface area (Å²) >= 11 is 0. The summed E-state index contributed by atoms with van der Waals surface area (Å²) in [5.74, 6) is -0.328. The maximum Gasteiger partial charge on any atom is 0.255 e. The van der Waals surface area contributed by atoms with Crippen molar-refractivity contribution < 1.29 is 13.2 Å². The normalized spacial score (nSPS) is 17.2. The molecule has 2 aromatic rings. The number of rotatable bonds is 6. The van der Waals surface area contributed by atoms with Crippen LogP contribution in [0.25, 0.3) is 0 Å². The van der Waals surface area contributed by atoms with Crippen LogP contribution in [0.5, 0.6) is 0 Å². The van der Waals surface area contributed by atoms with Crippen LogP contribution in [0, 0.1) is 0 Å². The summed E-state index contributed by atoms with van der Waals surface area (Å²) < 4.78 is 27.8. The second-order valence-electron chi connectivity index (χ2n) is 6.30. The van der Waals surface area contributed by atoms with Crippen LogP contribution in [0.4, 0.5) is 5.69 Å². The molecule has 1 saturated heterocycles. The molecule has 26 heavy (non-hydrogen) atoms. The summed E-state index contributed by atoms with van der Waals surface area (Å²) in [7, 11) is -3.66. The van der Waals surface area contributed by atoms with E-state index in [9.17, 15) is 13.2 Å². The smallest absolute Gasteiger partial charge is 0.255 e. The molecule has 0 bridgehead atoms. The number of nitrogens with one attached hydrogen (secondary N) is 3. The molecule has 1 aliphatic heterocycles. The van der Waals surface area contributed by atoms with Crippen molar-refractivity contribution in [2.75, 3.05) is 18.4 Å². The van der Waals surface area contributed by atoms with Gasteiger partial charge in [-0.05, 0) is 49.2 Å². The standard InChI is InChI=1S/C19H23N3O3S/c1-2-14-6-3-4-9-18(14)21-19(23)15-7-5-8-17(12-15)26(24,25)22-16-10-11-20-13-16/h3-9,12,16,20,22H,2,10-11,13H2,1H3,(H,21,23)/t16-/m1/s1. The Morgan fingerprint density at radius 3 is 2.73 bits per heavy atom. The lowest BCUT2D eigenvalue weighted by Gasteiger charge is -2.13. The van der Waals surface area contributed by atoms with E-state index in [1.807, 2.05) is 31.2 Å². The first kappa shape index (κ1) is 18.6. The van der Waals surface area contributed by atoms with Gasteiger partial charge >= 0.3 is 0 Å². The number of anilines is 1. The van der Waals surface area contributed by atoms with E-state index in [0.29, 0.717) is 12.1 Å². The minimum absolute atomic E-state index is 0.0980. The monoisotopic (exact) mass is 373 g/mol. The van der Waals surface area contributed by atoms with Gasteiger partial charge in [-0.25, -0.2) is 13.1 Å². The van der Waals surface area contributed by atoms with Gasteiger partial charge in [-0.15, -0.1) is 0 Å². The first-order valence-corrected chi connectivity index (χ1v) is 10.2. The van der Waals surface area contributed by atoms with E-state index in [1.54, 1.807) is 12.1 Å². The molecule has 6 nitrogen and oxygen atoms in total. The van der Waals surface area contributed by atoms with Gasteiger partial charge in [0.05, 0.1) is 4.90 Å². The molecule has 0 spiro atoms. The minimum Gasteiger partial charge on any atom is -0.322 e. The van der Waals surface area contributed by atoms with Crippen molar-refractivity contribution in [3.05, 3.63) is 59.7 Å². The molecule has 0 saturated carbocycles. The molecule has 1 amide bonds. The fourth-order valence-corrected chi connectivity index (χ4v) is 4.31. The maximum atomic E-state index is 12.6. The number of carbonyl (C=O) groups excluding carboxylic acids is 1. The fraction of sp³-hybridized carbons (Fsp3) is 0.316. The lowest BCUT2D eigenvalue weighted by atomic mass is 10.1. The van der Waals surface area contributed by atoms with Crippen molar-refractivity contribution in [3.8, 4) is 0 Å². The van der Waals surface area contributed by atoms with E-state index < -0.39 is 10.0 Å². The molecule has 0 unspecified atom stereocenters. The largest absolute Gasteiger partial charge is 0.322 e. The first-order chi connectivity index (χ1) is 12.5. The lowest BCUT2D eigenvalue weighted by Crippen LogP contribution is -2.36. The van der Waals surface area contributed by atoms with Crippen LogP contribution in [-0.2, 0) is 16.4 Å². The second-order valence-corrected chi connectivity index (χ2v) is 8.02. The Kier molecular flexibility index (Phi) is 5.70. The maximum absolute atomic E-state index is 12.6. The molecule has 2 aromatic carbocycles. The number of carbonyl (C=O) groups is 1. The topological polar surface area (TPSA) is 87.3 Å². The summed E-state index contributed by atoms with van der Waals surface area (Å²) in [5.41, 5.74) is 2.08. The summed E-state index contributed by atoms with van der Waals surface area (Å²) in [6.07, 6.45) is 1.55. The molecule has 1 heterocycles. The molecule has 3 N–H and O–H groups in total. The molecule has 7 heteroatoms. The number of benzene rings is 2. The van der Waals surface area contributed by atoms with Gasteiger partial charge in [0, 0.05) is 23.8 Å². The Hall–Kier alpha value is -2.22. The molecule has 0 aromatic heterocycles. The highest BCUT2D eigenvalue weighted by molar-refractivity contribution is 7.89. The van der Waals surface area contributed by atoms with Crippen molar-refractivity contribution in [2.24, 2.45) is 0 Å². The molecular formula is C19H23N3O3S. The third kappa shape index (κ3) is 4.30. The van der Waals surface area contributed by atoms with E-state index >= 15 is 0 Å². The third-order valence-corrected chi connectivity index (χ3v) is 5.95. The zero-order chi connectivity index (χ0) is 18.6. The van der Waals surface area contributed by atoms with E-state index in [4.69, 9.17) is 0 Å². The van der Waals surface area contributed by atoms with Crippen molar-refractivity contribution in [1.29, 1.82) is 0 Å². The number of hydrogen-bond donors (Lipinski definition) is 3.